The topological polar surface area (TPSA) is 114 Å². The third-order valence-corrected chi connectivity index (χ3v) is 6.23. The molecule has 8 nitrogen and oxygen atoms in total. The van der Waals surface area contributed by atoms with E-state index in [9.17, 15) is 18.3 Å². The van der Waals surface area contributed by atoms with Gasteiger partial charge in [-0.05, 0) is 55.5 Å². The number of sulfonamides is 1. The molecule has 168 valence electrons. The van der Waals surface area contributed by atoms with Crippen molar-refractivity contribution < 1.29 is 27.8 Å². The van der Waals surface area contributed by atoms with Gasteiger partial charge >= 0.3 is 0 Å². The predicted molar refractivity (Wildman–Crippen MR) is 123 cm³/mol. The number of anilines is 2. The van der Waals surface area contributed by atoms with Crippen molar-refractivity contribution in [2.45, 2.75) is 11.8 Å². The molecule has 0 aliphatic heterocycles. The van der Waals surface area contributed by atoms with Crippen LogP contribution in [0.4, 0.5) is 11.4 Å². The lowest BCUT2D eigenvalue weighted by Crippen LogP contribution is -2.15. The van der Waals surface area contributed by atoms with Crippen molar-refractivity contribution >= 4 is 38.9 Å². The molecule has 0 aliphatic carbocycles. The average Bonchev–Trinajstić information content (AvgIpc) is 2.75. The molecule has 0 spiro atoms. The van der Waals surface area contributed by atoms with Crippen LogP contribution in [0.15, 0.2) is 59.5 Å². The lowest BCUT2D eigenvalue weighted by atomic mass is 10.1. The Labute approximate surface area is 190 Å². The Morgan fingerprint density at radius 2 is 1.66 bits per heavy atom. The van der Waals surface area contributed by atoms with E-state index in [0.717, 1.165) is 11.6 Å². The highest BCUT2D eigenvalue weighted by molar-refractivity contribution is 7.92. The Balaban J connectivity index is 1.90. The molecule has 0 saturated heterocycles. The molecule has 0 aromatic heterocycles. The van der Waals surface area contributed by atoms with E-state index in [-0.39, 0.29) is 27.6 Å². The maximum atomic E-state index is 12.8. The van der Waals surface area contributed by atoms with E-state index in [1.807, 2.05) is 0 Å². The van der Waals surface area contributed by atoms with Gasteiger partial charge in [0.15, 0.2) is 0 Å². The molecule has 3 aromatic carbocycles. The zero-order valence-corrected chi connectivity index (χ0v) is 19.0. The van der Waals surface area contributed by atoms with Crippen LogP contribution in [0.5, 0.6) is 17.2 Å². The molecule has 0 fully saturated rings. The summed E-state index contributed by atoms with van der Waals surface area (Å²) in [5.74, 6) is 0.00175. The minimum absolute atomic E-state index is 0.0810. The summed E-state index contributed by atoms with van der Waals surface area (Å²) in [5.41, 5.74) is 1.11. The summed E-state index contributed by atoms with van der Waals surface area (Å²) < 4.78 is 38.5. The third kappa shape index (κ3) is 5.06. The molecule has 3 rings (SSSR count). The summed E-state index contributed by atoms with van der Waals surface area (Å²) in [5, 5.41) is 13.1. The highest BCUT2D eigenvalue weighted by Crippen LogP contribution is 2.32. The van der Waals surface area contributed by atoms with Crippen LogP contribution in [-0.4, -0.2) is 33.7 Å². The largest absolute Gasteiger partial charge is 0.506 e. The van der Waals surface area contributed by atoms with Crippen molar-refractivity contribution in [3.8, 4) is 17.2 Å². The monoisotopic (exact) mass is 476 g/mol. The minimum Gasteiger partial charge on any atom is -0.506 e. The number of hydrogen-bond acceptors (Lipinski definition) is 6. The molecule has 0 atom stereocenters. The zero-order valence-electron chi connectivity index (χ0n) is 17.5. The van der Waals surface area contributed by atoms with Crippen LogP contribution in [0.25, 0.3) is 0 Å². The fraction of sp³-hybridized carbons (Fsp3) is 0.136. The molecule has 3 N–H and O–H groups in total. The average molecular weight is 477 g/mol. The maximum absolute atomic E-state index is 12.8. The second kappa shape index (κ2) is 9.37. The van der Waals surface area contributed by atoms with E-state index in [0.29, 0.717) is 16.5 Å². The van der Waals surface area contributed by atoms with Crippen molar-refractivity contribution in [1.29, 1.82) is 0 Å². The van der Waals surface area contributed by atoms with Gasteiger partial charge in [-0.3, -0.25) is 9.52 Å². The molecule has 3 aromatic rings. The number of methoxy groups -OCH3 is 2. The van der Waals surface area contributed by atoms with Crippen molar-refractivity contribution in [3.63, 3.8) is 0 Å². The third-order valence-electron chi connectivity index (χ3n) is 4.62. The van der Waals surface area contributed by atoms with E-state index in [1.54, 1.807) is 25.1 Å². The number of amides is 1. The Morgan fingerprint density at radius 1 is 1.00 bits per heavy atom. The number of carbonyl (C=O) groups excluding carboxylic acids is 1. The fourth-order valence-corrected chi connectivity index (χ4v) is 4.23. The SMILES string of the molecule is COc1cc(C(=O)Nc2cc(S(=O)(=O)Nc3cccc(Cl)c3)ccc2O)cc(OC)c1C. The first-order valence-electron chi connectivity index (χ1n) is 9.30. The summed E-state index contributed by atoms with van der Waals surface area (Å²) in [6, 6.07) is 12.8. The van der Waals surface area contributed by atoms with Crippen LogP contribution in [0.1, 0.15) is 15.9 Å². The number of hydrogen-bond donors (Lipinski definition) is 3. The first kappa shape index (κ1) is 23.2. The number of nitrogens with one attached hydrogen (secondary N) is 2. The summed E-state index contributed by atoms with van der Waals surface area (Å²) in [6.45, 7) is 1.78. The Kier molecular flexibility index (Phi) is 6.81. The van der Waals surface area contributed by atoms with Gasteiger partial charge in [0.2, 0.25) is 0 Å². The summed E-state index contributed by atoms with van der Waals surface area (Å²) >= 11 is 5.90. The van der Waals surface area contributed by atoms with Crippen molar-refractivity contribution in [1.82, 2.24) is 0 Å². The maximum Gasteiger partial charge on any atom is 0.261 e. The smallest absolute Gasteiger partial charge is 0.261 e. The summed E-state index contributed by atoms with van der Waals surface area (Å²) in [6.07, 6.45) is 0. The molecule has 0 bridgehead atoms. The van der Waals surface area contributed by atoms with Crippen LogP contribution in [-0.2, 0) is 10.0 Å². The van der Waals surface area contributed by atoms with Gasteiger partial charge in [-0.1, -0.05) is 17.7 Å². The lowest BCUT2D eigenvalue weighted by Gasteiger charge is -2.14. The van der Waals surface area contributed by atoms with Crippen LogP contribution >= 0.6 is 11.6 Å². The highest BCUT2D eigenvalue weighted by Gasteiger charge is 2.19. The quantitative estimate of drug-likeness (QED) is 0.435. The zero-order chi connectivity index (χ0) is 23.5. The van der Waals surface area contributed by atoms with Gasteiger partial charge in [0.05, 0.1) is 30.5 Å². The molecular weight excluding hydrogens is 456 g/mol. The highest BCUT2D eigenvalue weighted by atomic mass is 35.5. The molecule has 1 amide bonds. The lowest BCUT2D eigenvalue weighted by molar-refractivity contribution is 0.102. The molecule has 0 radical (unpaired) electrons. The number of phenols is 1. The molecule has 32 heavy (non-hydrogen) atoms. The predicted octanol–water partition coefficient (Wildman–Crippen LogP) is 4.42. The van der Waals surface area contributed by atoms with Gasteiger partial charge < -0.3 is 19.9 Å². The van der Waals surface area contributed by atoms with Gasteiger partial charge in [-0.25, -0.2) is 8.42 Å². The number of ether oxygens (including phenoxy) is 2. The van der Waals surface area contributed by atoms with E-state index in [2.05, 4.69) is 10.0 Å². The molecule has 0 saturated carbocycles. The van der Waals surface area contributed by atoms with E-state index in [4.69, 9.17) is 21.1 Å². The van der Waals surface area contributed by atoms with E-state index in [1.165, 1.54) is 44.6 Å². The number of benzene rings is 3. The van der Waals surface area contributed by atoms with Gasteiger partial charge in [0.25, 0.3) is 15.9 Å². The molecule has 0 aliphatic rings. The fourth-order valence-electron chi connectivity index (χ4n) is 2.96. The normalized spacial score (nSPS) is 11.0. The number of phenolic OH excluding ortho intramolecular Hbond substituents is 1. The standard InChI is InChI=1S/C22H21ClN2O6S/c1-13-20(30-2)9-14(10-21(13)31-3)22(27)24-18-12-17(7-8-19(18)26)32(28,29)25-16-6-4-5-15(23)11-16/h4-12,25-26H,1-3H3,(H,24,27). The van der Waals surface area contributed by atoms with Crippen molar-refractivity contribution in [2.75, 3.05) is 24.3 Å². The number of aromatic hydroxyl groups is 1. The summed E-state index contributed by atoms with van der Waals surface area (Å²) in [7, 11) is -1.07. The number of rotatable bonds is 7. The van der Waals surface area contributed by atoms with Gasteiger partial charge in [-0.2, -0.15) is 0 Å². The van der Waals surface area contributed by atoms with Crippen LogP contribution in [0.2, 0.25) is 5.02 Å². The first-order chi connectivity index (χ1) is 15.1. The van der Waals surface area contributed by atoms with Gasteiger partial charge in [-0.15, -0.1) is 0 Å². The van der Waals surface area contributed by atoms with Gasteiger partial charge in [0, 0.05) is 16.1 Å². The number of carbonyl (C=O) groups is 1. The Bertz CT molecular complexity index is 1250. The van der Waals surface area contributed by atoms with Crippen LogP contribution in [0.3, 0.4) is 0 Å². The Hall–Kier alpha value is -3.43. The molecule has 0 heterocycles. The first-order valence-corrected chi connectivity index (χ1v) is 11.2. The Morgan fingerprint density at radius 3 is 2.25 bits per heavy atom. The number of halogens is 1. The molecule has 0 unspecified atom stereocenters. The van der Waals surface area contributed by atoms with Crippen LogP contribution < -0.4 is 19.5 Å². The van der Waals surface area contributed by atoms with Crippen molar-refractivity contribution in [2.24, 2.45) is 0 Å². The van der Waals surface area contributed by atoms with Crippen LogP contribution in [0, 0.1) is 6.92 Å². The molecule has 10 heteroatoms. The van der Waals surface area contributed by atoms with Gasteiger partial charge in [0.1, 0.15) is 17.2 Å². The minimum atomic E-state index is -4.01. The summed E-state index contributed by atoms with van der Waals surface area (Å²) in [4.78, 5) is 12.6. The second-order valence-electron chi connectivity index (χ2n) is 6.75. The van der Waals surface area contributed by atoms with Crippen molar-refractivity contribution in [3.05, 3.63) is 70.7 Å². The van der Waals surface area contributed by atoms with E-state index < -0.39 is 15.9 Å². The second-order valence-corrected chi connectivity index (χ2v) is 8.87. The van der Waals surface area contributed by atoms with E-state index >= 15 is 0 Å². The molecular formula is C22H21ClN2O6S.